The molecular formula is C18H19NO4. The molecule has 0 radical (unpaired) electrons. The molecule has 2 aromatic carbocycles. The van der Waals surface area contributed by atoms with Gasteiger partial charge in [-0.15, -0.1) is 0 Å². The molecule has 1 amide bonds. The SMILES string of the molecule is C=CCOc1ccc(NC(=O)COc2ccccc2OC)cc1. The number of carbonyl (C=O) groups is 1. The van der Waals surface area contributed by atoms with Crippen LogP contribution in [0.2, 0.25) is 0 Å². The van der Waals surface area contributed by atoms with Gasteiger partial charge in [0.1, 0.15) is 12.4 Å². The van der Waals surface area contributed by atoms with Gasteiger partial charge in [-0.05, 0) is 36.4 Å². The van der Waals surface area contributed by atoms with Crippen molar-refractivity contribution in [1.29, 1.82) is 0 Å². The predicted molar refractivity (Wildman–Crippen MR) is 89.3 cm³/mol. The van der Waals surface area contributed by atoms with Crippen molar-refractivity contribution in [3.05, 3.63) is 61.2 Å². The Bertz CT molecular complexity index is 652. The van der Waals surface area contributed by atoms with E-state index in [2.05, 4.69) is 11.9 Å². The molecule has 0 heterocycles. The van der Waals surface area contributed by atoms with Crippen LogP contribution in [0.1, 0.15) is 0 Å². The Kier molecular flexibility index (Phi) is 6.06. The Morgan fingerprint density at radius 3 is 2.43 bits per heavy atom. The zero-order chi connectivity index (χ0) is 16.5. The minimum atomic E-state index is -0.254. The highest BCUT2D eigenvalue weighted by molar-refractivity contribution is 5.91. The van der Waals surface area contributed by atoms with Crippen molar-refractivity contribution in [3.8, 4) is 17.2 Å². The normalized spacial score (nSPS) is 9.78. The van der Waals surface area contributed by atoms with Gasteiger partial charge in [-0.3, -0.25) is 4.79 Å². The van der Waals surface area contributed by atoms with Crippen molar-refractivity contribution in [3.63, 3.8) is 0 Å². The lowest BCUT2D eigenvalue weighted by atomic mass is 10.3. The molecule has 5 heteroatoms. The average molecular weight is 313 g/mol. The molecule has 0 aliphatic carbocycles. The number of para-hydroxylation sites is 2. The minimum Gasteiger partial charge on any atom is -0.493 e. The van der Waals surface area contributed by atoms with E-state index in [4.69, 9.17) is 14.2 Å². The summed E-state index contributed by atoms with van der Waals surface area (Å²) in [6, 6.07) is 14.3. The van der Waals surface area contributed by atoms with E-state index in [9.17, 15) is 4.79 Å². The third-order valence-corrected chi connectivity index (χ3v) is 2.93. The van der Waals surface area contributed by atoms with Crippen LogP contribution in [-0.4, -0.2) is 26.2 Å². The molecule has 0 atom stereocenters. The molecule has 5 nitrogen and oxygen atoms in total. The van der Waals surface area contributed by atoms with Crippen LogP contribution in [0.3, 0.4) is 0 Å². The molecule has 2 aromatic rings. The van der Waals surface area contributed by atoms with Gasteiger partial charge in [0.05, 0.1) is 7.11 Å². The molecule has 0 unspecified atom stereocenters. The van der Waals surface area contributed by atoms with E-state index < -0.39 is 0 Å². The van der Waals surface area contributed by atoms with Crippen molar-refractivity contribution in [2.24, 2.45) is 0 Å². The quantitative estimate of drug-likeness (QED) is 0.760. The van der Waals surface area contributed by atoms with Gasteiger partial charge in [0, 0.05) is 5.69 Å². The van der Waals surface area contributed by atoms with E-state index in [1.807, 2.05) is 12.1 Å². The number of anilines is 1. The summed E-state index contributed by atoms with van der Waals surface area (Å²) in [6.45, 7) is 3.93. The zero-order valence-corrected chi connectivity index (χ0v) is 13.0. The standard InChI is InChI=1S/C18H19NO4/c1-3-12-22-15-10-8-14(9-11-15)19-18(20)13-23-17-7-5-4-6-16(17)21-2/h3-11H,1,12-13H2,2H3,(H,19,20). The van der Waals surface area contributed by atoms with Gasteiger partial charge in [0.25, 0.3) is 5.91 Å². The third kappa shape index (κ3) is 5.07. The second-order valence-electron chi connectivity index (χ2n) is 4.61. The molecule has 0 bridgehead atoms. The second-order valence-corrected chi connectivity index (χ2v) is 4.61. The monoisotopic (exact) mass is 313 g/mol. The summed E-state index contributed by atoms with van der Waals surface area (Å²) in [5.74, 6) is 1.58. The van der Waals surface area contributed by atoms with Crippen molar-refractivity contribution in [2.75, 3.05) is 25.6 Å². The lowest BCUT2D eigenvalue weighted by molar-refractivity contribution is -0.118. The number of amides is 1. The molecule has 0 aliphatic heterocycles. The average Bonchev–Trinajstić information content (AvgIpc) is 2.59. The highest BCUT2D eigenvalue weighted by Crippen LogP contribution is 2.25. The number of hydrogen-bond donors (Lipinski definition) is 1. The van der Waals surface area contributed by atoms with Crippen LogP contribution >= 0.6 is 0 Å². The summed E-state index contributed by atoms with van der Waals surface area (Å²) in [5, 5.41) is 2.75. The second kappa shape index (κ2) is 8.48. The van der Waals surface area contributed by atoms with E-state index in [1.165, 1.54) is 0 Å². The summed E-state index contributed by atoms with van der Waals surface area (Å²) < 4.78 is 16.0. The maximum absolute atomic E-state index is 11.9. The fraction of sp³-hybridized carbons (Fsp3) is 0.167. The van der Waals surface area contributed by atoms with Crippen molar-refractivity contribution in [2.45, 2.75) is 0 Å². The third-order valence-electron chi connectivity index (χ3n) is 2.93. The van der Waals surface area contributed by atoms with Crippen molar-refractivity contribution in [1.82, 2.24) is 0 Å². The Labute approximate surface area is 135 Å². The first-order valence-corrected chi connectivity index (χ1v) is 7.12. The maximum atomic E-state index is 11.9. The lowest BCUT2D eigenvalue weighted by Crippen LogP contribution is -2.20. The highest BCUT2D eigenvalue weighted by atomic mass is 16.5. The Morgan fingerprint density at radius 2 is 1.78 bits per heavy atom. The van der Waals surface area contributed by atoms with E-state index in [1.54, 1.807) is 49.6 Å². The summed E-state index contributed by atoms with van der Waals surface area (Å²) in [5.41, 5.74) is 0.671. The van der Waals surface area contributed by atoms with Gasteiger partial charge in [-0.25, -0.2) is 0 Å². The van der Waals surface area contributed by atoms with Crippen LogP contribution < -0.4 is 19.5 Å². The molecule has 2 rings (SSSR count). The number of nitrogens with one attached hydrogen (secondary N) is 1. The molecular weight excluding hydrogens is 294 g/mol. The van der Waals surface area contributed by atoms with E-state index in [-0.39, 0.29) is 12.5 Å². The number of rotatable bonds is 8. The zero-order valence-electron chi connectivity index (χ0n) is 13.0. The van der Waals surface area contributed by atoms with Crippen LogP contribution in [0.15, 0.2) is 61.2 Å². The lowest BCUT2D eigenvalue weighted by Gasteiger charge is -2.11. The maximum Gasteiger partial charge on any atom is 0.262 e. The van der Waals surface area contributed by atoms with Crippen LogP contribution in [0.4, 0.5) is 5.69 Å². The fourth-order valence-corrected chi connectivity index (χ4v) is 1.87. The first-order valence-electron chi connectivity index (χ1n) is 7.12. The van der Waals surface area contributed by atoms with Gasteiger partial charge < -0.3 is 19.5 Å². The Balaban J connectivity index is 1.86. The molecule has 0 fully saturated rings. The van der Waals surface area contributed by atoms with Gasteiger partial charge in [-0.1, -0.05) is 24.8 Å². The van der Waals surface area contributed by atoms with Gasteiger partial charge >= 0.3 is 0 Å². The summed E-state index contributed by atoms with van der Waals surface area (Å²) in [4.78, 5) is 11.9. The summed E-state index contributed by atoms with van der Waals surface area (Å²) in [7, 11) is 1.55. The molecule has 0 aromatic heterocycles. The molecule has 120 valence electrons. The fourth-order valence-electron chi connectivity index (χ4n) is 1.87. The number of benzene rings is 2. The highest BCUT2D eigenvalue weighted by Gasteiger charge is 2.07. The number of methoxy groups -OCH3 is 1. The molecule has 0 spiro atoms. The van der Waals surface area contributed by atoms with Crippen LogP contribution in [0.5, 0.6) is 17.2 Å². The molecule has 1 N–H and O–H groups in total. The summed E-state index contributed by atoms with van der Waals surface area (Å²) >= 11 is 0. The van der Waals surface area contributed by atoms with E-state index in [0.717, 1.165) is 0 Å². The molecule has 23 heavy (non-hydrogen) atoms. The topological polar surface area (TPSA) is 56.8 Å². The van der Waals surface area contributed by atoms with E-state index >= 15 is 0 Å². The van der Waals surface area contributed by atoms with E-state index in [0.29, 0.717) is 29.5 Å². The smallest absolute Gasteiger partial charge is 0.262 e. The van der Waals surface area contributed by atoms with Gasteiger partial charge in [0.2, 0.25) is 0 Å². The minimum absolute atomic E-state index is 0.102. The molecule has 0 saturated heterocycles. The first kappa shape index (κ1) is 16.4. The number of ether oxygens (including phenoxy) is 3. The Morgan fingerprint density at radius 1 is 1.09 bits per heavy atom. The van der Waals surface area contributed by atoms with Crippen LogP contribution in [0, 0.1) is 0 Å². The number of carbonyl (C=O) groups excluding carboxylic acids is 1. The Hall–Kier alpha value is -2.95. The van der Waals surface area contributed by atoms with Crippen LogP contribution in [0.25, 0.3) is 0 Å². The molecule has 0 saturated carbocycles. The summed E-state index contributed by atoms with van der Waals surface area (Å²) in [6.07, 6.45) is 1.67. The van der Waals surface area contributed by atoms with Gasteiger partial charge in [0.15, 0.2) is 18.1 Å². The first-order chi connectivity index (χ1) is 11.2. The molecule has 0 aliphatic rings. The van der Waals surface area contributed by atoms with Crippen molar-refractivity contribution >= 4 is 11.6 Å². The van der Waals surface area contributed by atoms with Crippen LogP contribution in [-0.2, 0) is 4.79 Å². The number of hydrogen-bond acceptors (Lipinski definition) is 4. The predicted octanol–water partition coefficient (Wildman–Crippen LogP) is 3.28. The largest absolute Gasteiger partial charge is 0.493 e. The van der Waals surface area contributed by atoms with Crippen molar-refractivity contribution < 1.29 is 19.0 Å². The van der Waals surface area contributed by atoms with Gasteiger partial charge in [-0.2, -0.15) is 0 Å².